The molecular weight excluding hydrogens is 500 g/mol. The summed E-state index contributed by atoms with van der Waals surface area (Å²) in [5, 5.41) is 7.59. The summed E-state index contributed by atoms with van der Waals surface area (Å²) >= 11 is 1.50. The number of methoxy groups -OCH3 is 2. The lowest BCUT2D eigenvalue weighted by Gasteiger charge is -2.23. The number of carbonyl (C=O) groups is 2. The SMILES string of the molecule is CCCCCCNC(=O)CN1C(=O)CSC(c2cc(OC)ccc2OC)c2c(-c3ccccc3)nn(C)c21. The molecule has 202 valence electrons. The van der Waals surface area contributed by atoms with E-state index in [-0.39, 0.29) is 29.4 Å². The van der Waals surface area contributed by atoms with Crippen LogP contribution in [0.1, 0.15) is 49.0 Å². The van der Waals surface area contributed by atoms with E-state index in [1.54, 1.807) is 23.8 Å². The molecule has 38 heavy (non-hydrogen) atoms. The molecule has 0 spiro atoms. The maximum atomic E-state index is 13.5. The largest absolute Gasteiger partial charge is 0.497 e. The van der Waals surface area contributed by atoms with E-state index in [1.165, 1.54) is 11.8 Å². The molecule has 0 saturated heterocycles. The van der Waals surface area contributed by atoms with E-state index < -0.39 is 0 Å². The highest BCUT2D eigenvalue weighted by molar-refractivity contribution is 8.00. The number of rotatable bonds is 11. The Bertz CT molecular complexity index is 1260. The molecule has 1 aliphatic rings. The van der Waals surface area contributed by atoms with Crippen LogP contribution >= 0.6 is 11.8 Å². The number of carbonyl (C=O) groups excluding carboxylic acids is 2. The van der Waals surface area contributed by atoms with Crippen LogP contribution in [0.4, 0.5) is 5.82 Å². The van der Waals surface area contributed by atoms with Crippen molar-refractivity contribution in [3.05, 3.63) is 59.7 Å². The van der Waals surface area contributed by atoms with Gasteiger partial charge in [0.05, 0.1) is 30.9 Å². The Morgan fingerprint density at radius 2 is 1.89 bits per heavy atom. The lowest BCUT2D eigenvalue weighted by molar-refractivity contribution is -0.122. The number of nitrogens with zero attached hydrogens (tertiary/aromatic N) is 3. The summed E-state index contributed by atoms with van der Waals surface area (Å²) in [6.07, 6.45) is 4.29. The van der Waals surface area contributed by atoms with E-state index in [2.05, 4.69) is 12.2 Å². The second-order valence-electron chi connectivity index (χ2n) is 9.26. The van der Waals surface area contributed by atoms with Crippen molar-refractivity contribution in [2.45, 2.75) is 37.9 Å². The average molecular weight is 537 g/mol. The first-order valence-electron chi connectivity index (χ1n) is 13.0. The maximum absolute atomic E-state index is 13.5. The predicted octanol–water partition coefficient (Wildman–Crippen LogP) is 4.97. The van der Waals surface area contributed by atoms with Gasteiger partial charge in [0.1, 0.15) is 23.9 Å². The van der Waals surface area contributed by atoms with Gasteiger partial charge in [-0.2, -0.15) is 5.10 Å². The van der Waals surface area contributed by atoms with Gasteiger partial charge in [0.2, 0.25) is 11.8 Å². The lowest BCUT2D eigenvalue weighted by Crippen LogP contribution is -2.42. The Balaban J connectivity index is 1.78. The summed E-state index contributed by atoms with van der Waals surface area (Å²) in [7, 11) is 5.09. The summed E-state index contributed by atoms with van der Waals surface area (Å²) in [6.45, 7) is 2.70. The zero-order chi connectivity index (χ0) is 27.1. The molecule has 0 saturated carbocycles. The lowest BCUT2D eigenvalue weighted by atomic mass is 9.98. The minimum absolute atomic E-state index is 0.0596. The third-order valence-electron chi connectivity index (χ3n) is 6.67. The topological polar surface area (TPSA) is 85.7 Å². The van der Waals surface area contributed by atoms with Gasteiger partial charge in [0.15, 0.2) is 0 Å². The fourth-order valence-electron chi connectivity index (χ4n) is 4.77. The van der Waals surface area contributed by atoms with Crippen molar-refractivity contribution >= 4 is 29.4 Å². The number of fused-ring (bicyclic) bond motifs is 1. The van der Waals surface area contributed by atoms with Gasteiger partial charge in [-0.15, -0.1) is 11.8 Å². The number of ether oxygens (including phenoxy) is 2. The van der Waals surface area contributed by atoms with Crippen molar-refractivity contribution in [1.82, 2.24) is 15.1 Å². The van der Waals surface area contributed by atoms with Gasteiger partial charge < -0.3 is 14.8 Å². The van der Waals surface area contributed by atoms with Crippen LogP contribution in [0.25, 0.3) is 11.3 Å². The van der Waals surface area contributed by atoms with Gasteiger partial charge in [-0.05, 0) is 24.6 Å². The number of anilines is 1. The molecule has 8 nitrogen and oxygen atoms in total. The van der Waals surface area contributed by atoms with Gasteiger partial charge in [0.25, 0.3) is 0 Å². The third kappa shape index (κ3) is 5.99. The Labute approximate surface area is 228 Å². The van der Waals surface area contributed by atoms with Crippen molar-refractivity contribution in [1.29, 1.82) is 0 Å². The quantitative estimate of drug-likeness (QED) is 0.348. The van der Waals surface area contributed by atoms with Gasteiger partial charge in [-0.25, -0.2) is 0 Å². The minimum Gasteiger partial charge on any atom is -0.497 e. The number of hydrogen-bond donors (Lipinski definition) is 1. The third-order valence-corrected chi connectivity index (χ3v) is 7.90. The van der Waals surface area contributed by atoms with Crippen molar-refractivity contribution in [3.8, 4) is 22.8 Å². The molecule has 4 rings (SSSR count). The Kier molecular flexibility index (Phi) is 9.33. The molecule has 2 aromatic carbocycles. The molecule has 1 aliphatic heterocycles. The number of amides is 2. The second kappa shape index (κ2) is 12.9. The Morgan fingerprint density at radius 1 is 1.11 bits per heavy atom. The first-order chi connectivity index (χ1) is 18.5. The molecule has 2 heterocycles. The van der Waals surface area contributed by atoms with Crippen LogP contribution in [-0.4, -0.2) is 54.7 Å². The smallest absolute Gasteiger partial charge is 0.240 e. The number of aromatic nitrogens is 2. The minimum atomic E-state index is -0.273. The number of benzene rings is 2. The molecule has 2 amide bonds. The van der Waals surface area contributed by atoms with Crippen molar-refractivity contribution < 1.29 is 19.1 Å². The van der Waals surface area contributed by atoms with Gasteiger partial charge in [-0.1, -0.05) is 56.5 Å². The molecule has 0 aliphatic carbocycles. The van der Waals surface area contributed by atoms with E-state index in [1.807, 2.05) is 55.6 Å². The van der Waals surface area contributed by atoms with E-state index in [9.17, 15) is 9.59 Å². The fraction of sp³-hybridized carbons (Fsp3) is 0.414. The highest BCUT2D eigenvalue weighted by Crippen LogP contribution is 2.50. The zero-order valence-electron chi connectivity index (χ0n) is 22.5. The molecule has 1 atom stereocenters. The first-order valence-corrected chi connectivity index (χ1v) is 14.1. The summed E-state index contributed by atoms with van der Waals surface area (Å²) in [4.78, 5) is 28.0. The van der Waals surface area contributed by atoms with Crippen LogP contribution < -0.4 is 19.7 Å². The molecule has 0 bridgehead atoms. The van der Waals surface area contributed by atoms with Crippen LogP contribution in [0.15, 0.2) is 48.5 Å². The fourth-order valence-corrected chi connectivity index (χ4v) is 5.98. The van der Waals surface area contributed by atoms with Crippen LogP contribution in [0, 0.1) is 0 Å². The van der Waals surface area contributed by atoms with Crippen LogP contribution in [-0.2, 0) is 16.6 Å². The number of unbranched alkanes of at least 4 members (excludes halogenated alkanes) is 3. The molecule has 1 unspecified atom stereocenters. The van der Waals surface area contributed by atoms with Gasteiger partial charge in [0, 0.05) is 30.3 Å². The molecule has 1 aromatic heterocycles. The zero-order valence-corrected chi connectivity index (χ0v) is 23.3. The number of hydrogen-bond acceptors (Lipinski definition) is 6. The van der Waals surface area contributed by atoms with Crippen molar-refractivity contribution in [3.63, 3.8) is 0 Å². The van der Waals surface area contributed by atoms with Crippen LogP contribution in [0.3, 0.4) is 0 Å². The van der Waals surface area contributed by atoms with E-state index in [4.69, 9.17) is 14.6 Å². The standard InChI is InChI=1S/C29H36N4O4S/c1-5-6-7-11-16-30-24(34)18-33-25(35)19-38-28(22-17-21(36-3)14-15-23(22)37-4)26-27(31-32(2)29(26)33)20-12-9-8-10-13-20/h8-10,12-15,17,28H,5-7,11,16,18-19H2,1-4H3,(H,30,34). The number of thioether (sulfide) groups is 1. The molecule has 0 fully saturated rings. The molecule has 3 aromatic rings. The molecular formula is C29H36N4O4S. The maximum Gasteiger partial charge on any atom is 0.240 e. The number of aryl methyl sites for hydroxylation is 1. The average Bonchev–Trinajstić information content (AvgIpc) is 3.20. The summed E-state index contributed by atoms with van der Waals surface area (Å²) < 4.78 is 13.0. The van der Waals surface area contributed by atoms with E-state index >= 15 is 0 Å². The summed E-state index contributed by atoms with van der Waals surface area (Å²) in [5.41, 5.74) is 3.46. The van der Waals surface area contributed by atoms with Gasteiger partial charge in [-0.3, -0.25) is 19.2 Å². The van der Waals surface area contributed by atoms with Crippen LogP contribution in [0.5, 0.6) is 11.5 Å². The molecule has 0 radical (unpaired) electrons. The van der Waals surface area contributed by atoms with Crippen LogP contribution in [0.2, 0.25) is 0 Å². The van der Waals surface area contributed by atoms with Crippen molar-refractivity contribution in [2.75, 3.05) is 38.0 Å². The van der Waals surface area contributed by atoms with E-state index in [0.717, 1.165) is 48.1 Å². The molecule has 1 N–H and O–H groups in total. The van der Waals surface area contributed by atoms with Crippen molar-refractivity contribution in [2.24, 2.45) is 7.05 Å². The second-order valence-corrected chi connectivity index (χ2v) is 10.4. The Hall–Kier alpha value is -3.46. The summed E-state index contributed by atoms with van der Waals surface area (Å²) in [6, 6.07) is 15.6. The van der Waals surface area contributed by atoms with E-state index in [0.29, 0.717) is 23.9 Å². The number of nitrogens with one attached hydrogen (secondary N) is 1. The first kappa shape index (κ1) is 27.6. The highest BCUT2D eigenvalue weighted by atomic mass is 32.2. The predicted molar refractivity (Wildman–Crippen MR) is 152 cm³/mol. The normalized spacial score (nSPS) is 15.1. The monoisotopic (exact) mass is 536 g/mol. The summed E-state index contributed by atoms with van der Waals surface area (Å²) in [5.74, 6) is 1.91. The highest BCUT2D eigenvalue weighted by Gasteiger charge is 2.37. The Morgan fingerprint density at radius 3 is 2.61 bits per heavy atom. The van der Waals surface area contributed by atoms with Gasteiger partial charge >= 0.3 is 0 Å². The molecule has 9 heteroatoms.